The molecule has 110 valence electrons. The van der Waals surface area contributed by atoms with Crippen LogP contribution in [0.3, 0.4) is 0 Å². The van der Waals surface area contributed by atoms with Gasteiger partial charge in [0.2, 0.25) is 0 Å². The van der Waals surface area contributed by atoms with Crippen molar-refractivity contribution in [2.45, 2.75) is 6.67 Å². The maximum Gasteiger partial charge on any atom is 0.268 e. The Morgan fingerprint density at radius 3 is 2.43 bits per heavy atom. The number of hydrogen-bond donors (Lipinski definition) is 0. The van der Waals surface area contributed by atoms with E-state index in [1.54, 1.807) is 16.8 Å². The quantitative estimate of drug-likeness (QED) is 0.847. The third kappa shape index (κ3) is 3.37. The van der Waals surface area contributed by atoms with E-state index in [-0.39, 0.29) is 5.56 Å². The van der Waals surface area contributed by atoms with Gasteiger partial charge in [-0.1, -0.05) is 30.3 Å². The first-order valence-electron chi connectivity index (χ1n) is 7.27. The van der Waals surface area contributed by atoms with Crippen LogP contribution in [-0.2, 0) is 6.67 Å². The van der Waals surface area contributed by atoms with Crippen molar-refractivity contribution in [1.82, 2.24) is 19.6 Å². The highest BCUT2D eigenvalue weighted by molar-refractivity contribution is 5.57. The maximum atomic E-state index is 12.0. The van der Waals surface area contributed by atoms with Crippen molar-refractivity contribution >= 4 is 0 Å². The molecule has 1 saturated heterocycles. The Hall–Kier alpha value is -1.98. The molecule has 1 aromatic heterocycles. The van der Waals surface area contributed by atoms with E-state index in [2.05, 4.69) is 21.9 Å². The van der Waals surface area contributed by atoms with Crippen molar-refractivity contribution in [2.24, 2.45) is 0 Å². The highest BCUT2D eigenvalue weighted by Crippen LogP contribution is 2.14. The first kappa shape index (κ1) is 14.0. The van der Waals surface area contributed by atoms with Crippen LogP contribution in [-0.4, -0.2) is 52.8 Å². The van der Waals surface area contributed by atoms with E-state index in [0.717, 1.165) is 37.4 Å². The van der Waals surface area contributed by atoms with E-state index in [1.807, 2.05) is 30.3 Å². The molecule has 1 aliphatic heterocycles. The van der Waals surface area contributed by atoms with Crippen LogP contribution in [0.4, 0.5) is 0 Å². The Morgan fingerprint density at radius 1 is 1.00 bits per heavy atom. The molecule has 0 N–H and O–H groups in total. The first-order chi connectivity index (χ1) is 10.2. The fourth-order valence-corrected chi connectivity index (χ4v) is 2.49. The molecule has 0 radical (unpaired) electrons. The minimum atomic E-state index is -0.0476. The molecule has 0 spiro atoms. The van der Waals surface area contributed by atoms with Gasteiger partial charge in [0.15, 0.2) is 0 Å². The van der Waals surface area contributed by atoms with Gasteiger partial charge in [-0.25, -0.2) is 4.68 Å². The van der Waals surface area contributed by atoms with Crippen LogP contribution >= 0.6 is 0 Å². The summed E-state index contributed by atoms with van der Waals surface area (Å²) >= 11 is 0. The minimum Gasteiger partial charge on any atom is -0.304 e. The topological polar surface area (TPSA) is 41.4 Å². The molecule has 5 nitrogen and oxygen atoms in total. The highest BCUT2D eigenvalue weighted by atomic mass is 16.1. The number of benzene rings is 1. The summed E-state index contributed by atoms with van der Waals surface area (Å²) in [6, 6.07) is 13.3. The summed E-state index contributed by atoms with van der Waals surface area (Å²) in [6.45, 7) is 4.58. The summed E-state index contributed by atoms with van der Waals surface area (Å²) in [7, 11) is 2.12. The zero-order chi connectivity index (χ0) is 14.7. The predicted octanol–water partition coefficient (Wildman–Crippen LogP) is 1.12. The summed E-state index contributed by atoms with van der Waals surface area (Å²) < 4.78 is 1.56. The van der Waals surface area contributed by atoms with Gasteiger partial charge in [0.25, 0.3) is 5.56 Å². The number of nitrogens with zero attached hydrogens (tertiary/aromatic N) is 4. The molecule has 0 amide bonds. The number of aromatic nitrogens is 2. The molecule has 0 bridgehead atoms. The van der Waals surface area contributed by atoms with Gasteiger partial charge < -0.3 is 4.90 Å². The molecular formula is C16H20N4O. The van der Waals surface area contributed by atoms with Crippen LogP contribution in [0.5, 0.6) is 0 Å². The summed E-state index contributed by atoms with van der Waals surface area (Å²) in [5.74, 6) is 0. The lowest BCUT2D eigenvalue weighted by Crippen LogP contribution is -2.46. The van der Waals surface area contributed by atoms with Crippen LogP contribution in [0.1, 0.15) is 0 Å². The number of likely N-dealkylation sites (N-methyl/N-ethyl adjacent to an activating group) is 1. The van der Waals surface area contributed by atoms with Crippen molar-refractivity contribution < 1.29 is 0 Å². The van der Waals surface area contributed by atoms with E-state index < -0.39 is 0 Å². The zero-order valence-electron chi connectivity index (χ0n) is 12.3. The summed E-state index contributed by atoms with van der Waals surface area (Å²) in [5.41, 5.74) is 1.82. The van der Waals surface area contributed by atoms with Gasteiger partial charge in [-0.2, -0.15) is 5.10 Å². The highest BCUT2D eigenvalue weighted by Gasteiger charge is 2.15. The largest absolute Gasteiger partial charge is 0.304 e. The van der Waals surface area contributed by atoms with Crippen LogP contribution in [0.2, 0.25) is 0 Å². The van der Waals surface area contributed by atoms with Crippen molar-refractivity contribution in [3.63, 3.8) is 0 Å². The normalized spacial score (nSPS) is 17.0. The lowest BCUT2D eigenvalue weighted by molar-refractivity contribution is 0.117. The van der Waals surface area contributed by atoms with E-state index in [9.17, 15) is 4.79 Å². The standard InChI is InChI=1S/C16H20N4O/c1-18-9-11-19(12-10-18)13-20-16(21)8-7-15(17-20)14-5-3-2-4-6-14/h2-8H,9-13H2,1H3. The Balaban J connectivity index is 1.80. The second-order valence-corrected chi connectivity index (χ2v) is 5.49. The average Bonchev–Trinajstić information content (AvgIpc) is 2.52. The molecule has 2 heterocycles. The van der Waals surface area contributed by atoms with Gasteiger partial charge in [-0.15, -0.1) is 0 Å². The number of rotatable bonds is 3. The third-order valence-electron chi connectivity index (χ3n) is 3.87. The van der Waals surface area contributed by atoms with Crippen LogP contribution in [0.15, 0.2) is 47.3 Å². The van der Waals surface area contributed by atoms with Gasteiger partial charge in [0, 0.05) is 37.8 Å². The molecule has 0 atom stereocenters. The smallest absolute Gasteiger partial charge is 0.268 e. The van der Waals surface area contributed by atoms with Crippen molar-refractivity contribution in [1.29, 1.82) is 0 Å². The fourth-order valence-electron chi connectivity index (χ4n) is 2.49. The lowest BCUT2D eigenvalue weighted by atomic mass is 10.1. The first-order valence-corrected chi connectivity index (χ1v) is 7.27. The van der Waals surface area contributed by atoms with Crippen LogP contribution in [0.25, 0.3) is 11.3 Å². The fraction of sp³-hybridized carbons (Fsp3) is 0.375. The molecule has 0 unspecified atom stereocenters. The maximum absolute atomic E-state index is 12.0. The summed E-state index contributed by atoms with van der Waals surface area (Å²) in [4.78, 5) is 16.6. The third-order valence-corrected chi connectivity index (χ3v) is 3.87. The zero-order valence-corrected chi connectivity index (χ0v) is 12.3. The molecule has 1 aromatic carbocycles. The Labute approximate surface area is 124 Å². The van der Waals surface area contributed by atoms with Gasteiger partial charge in [0.1, 0.15) is 0 Å². The summed E-state index contributed by atoms with van der Waals surface area (Å²) in [6.07, 6.45) is 0. The molecule has 2 aromatic rings. The molecule has 0 aliphatic carbocycles. The molecular weight excluding hydrogens is 264 g/mol. The van der Waals surface area contributed by atoms with Gasteiger partial charge in [-0.3, -0.25) is 9.69 Å². The van der Waals surface area contributed by atoms with Gasteiger partial charge in [0.05, 0.1) is 12.4 Å². The SMILES string of the molecule is CN1CCN(Cn2nc(-c3ccccc3)ccc2=O)CC1. The summed E-state index contributed by atoms with van der Waals surface area (Å²) in [5, 5.41) is 4.50. The van der Waals surface area contributed by atoms with E-state index in [4.69, 9.17) is 0 Å². The van der Waals surface area contributed by atoms with Gasteiger partial charge >= 0.3 is 0 Å². The van der Waals surface area contributed by atoms with Crippen molar-refractivity contribution in [2.75, 3.05) is 33.2 Å². The van der Waals surface area contributed by atoms with Crippen LogP contribution in [0, 0.1) is 0 Å². The van der Waals surface area contributed by atoms with Crippen molar-refractivity contribution in [3.05, 3.63) is 52.8 Å². The number of piperazine rings is 1. The molecule has 1 fully saturated rings. The molecule has 5 heteroatoms. The number of hydrogen-bond acceptors (Lipinski definition) is 4. The molecule has 3 rings (SSSR count). The Bertz CT molecular complexity index is 645. The molecule has 21 heavy (non-hydrogen) atoms. The lowest BCUT2D eigenvalue weighted by Gasteiger charge is -2.32. The second-order valence-electron chi connectivity index (χ2n) is 5.49. The Morgan fingerprint density at radius 2 is 1.71 bits per heavy atom. The van der Waals surface area contributed by atoms with E-state index in [0.29, 0.717) is 6.67 Å². The minimum absolute atomic E-state index is 0.0476. The average molecular weight is 284 g/mol. The predicted molar refractivity (Wildman–Crippen MR) is 83.0 cm³/mol. The second kappa shape index (κ2) is 6.20. The van der Waals surface area contributed by atoms with Crippen LogP contribution < -0.4 is 5.56 Å². The van der Waals surface area contributed by atoms with E-state index in [1.165, 1.54) is 0 Å². The van der Waals surface area contributed by atoms with Crippen molar-refractivity contribution in [3.8, 4) is 11.3 Å². The van der Waals surface area contributed by atoms with E-state index >= 15 is 0 Å². The molecule has 0 saturated carbocycles. The monoisotopic (exact) mass is 284 g/mol. The Kier molecular flexibility index (Phi) is 4.13. The van der Waals surface area contributed by atoms with Gasteiger partial charge in [-0.05, 0) is 13.1 Å². The molecule has 1 aliphatic rings.